The van der Waals surface area contributed by atoms with Crippen LogP contribution in [0.25, 0.3) is 0 Å². The normalized spacial score (nSPS) is 18.6. The van der Waals surface area contributed by atoms with Gasteiger partial charge in [0.15, 0.2) is 0 Å². The van der Waals surface area contributed by atoms with Crippen molar-refractivity contribution in [3.05, 3.63) is 35.9 Å². The van der Waals surface area contributed by atoms with Crippen molar-refractivity contribution in [1.29, 1.82) is 0 Å². The average molecular weight is 306 g/mol. The summed E-state index contributed by atoms with van der Waals surface area (Å²) in [7, 11) is 1.77. The van der Waals surface area contributed by atoms with Crippen LogP contribution >= 0.6 is 0 Å². The van der Waals surface area contributed by atoms with E-state index in [2.05, 4.69) is 18.7 Å². The third kappa shape index (κ3) is 5.00. The molecule has 1 unspecified atom stereocenters. The maximum Gasteiger partial charge on any atom is 0.409 e. The van der Waals surface area contributed by atoms with Gasteiger partial charge < -0.3 is 14.4 Å². The topological polar surface area (TPSA) is 42.0 Å². The molecule has 1 atom stereocenters. The molecule has 1 saturated heterocycles. The molecular formula is C17H26N2O3. The van der Waals surface area contributed by atoms with Crippen molar-refractivity contribution in [2.24, 2.45) is 5.92 Å². The van der Waals surface area contributed by atoms with Crippen LogP contribution < -0.4 is 0 Å². The highest BCUT2D eigenvalue weighted by Gasteiger charge is 2.25. The Morgan fingerprint density at radius 2 is 2.14 bits per heavy atom. The molecule has 0 bridgehead atoms. The Balaban J connectivity index is 1.66. The predicted octanol–water partition coefficient (Wildman–Crippen LogP) is 2.57. The highest BCUT2D eigenvalue weighted by Crippen LogP contribution is 2.15. The molecular weight excluding hydrogens is 280 g/mol. The Kier molecular flexibility index (Phi) is 6.21. The molecule has 2 rings (SSSR count). The molecule has 0 radical (unpaired) electrons. The molecule has 1 amide bonds. The number of carbonyl (C=O) groups is 1. The van der Waals surface area contributed by atoms with Crippen LogP contribution in [0.1, 0.15) is 19.4 Å². The Labute approximate surface area is 132 Å². The number of hydrogen-bond acceptors (Lipinski definition) is 4. The SMILES string of the molecule is CC(C)C1CN(CCN(C)C(=O)OCc2ccccc2)CO1. The lowest BCUT2D eigenvalue weighted by atomic mass is 10.1. The maximum absolute atomic E-state index is 11.9. The first-order valence-electron chi connectivity index (χ1n) is 7.82. The van der Waals surface area contributed by atoms with Crippen molar-refractivity contribution in [3.8, 4) is 0 Å². The number of rotatable bonds is 6. The Hall–Kier alpha value is -1.59. The van der Waals surface area contributed by atoms with Gasteiger partial charge in [-0.15, -0.1) is 0 Å². The Morgan fingerprint density at radius 1 is 1.41 bits per heavy atom. The molecule has 1 aliphatic heterocycles. The third-order valence-electron chi connectivity index (χ3n) is 3.92. The van der Waals surface area contributed by atoms with E-state index in [0.29, 0.717) is 31.9 Å². The van der Waals surface area contributed by atoms with E-state index >= 15 is 0 Å². The van der Waals surface area contributed by atoms with Crippen LogP contribution in [0, 0.1) is 5.92 Å². The predicted molar refractivity (Wildman–Crippen MR) is 85.4 cm³/mol. The first kappa shape index (κ1) is 16.8. The van der Waals surface area contributed by atoms with Crippen molar-refractivity contribution in [2.75, 3.05) is 33.4 Å². The molecule has 1 aromatic rings. The molecule has 22 heavy (non-hydrogen) atoms. The van der Waals surface area contributed by atoms with Crippen molar-refractivity contribution in [2.45, 2.75) is 26.6 Å². The van der Waals surface area contributed by atoms with Gasteiger partial charge in [-0.3, -0.25) is 4.90 Å². The van der Waals surface area contributed by atoms with Gasteiger partial charge in [-0.2, -0.15) is 0 Å². The Bertz CT molecular complexity index is 464. The highest BCUT2D eigenvalue weighted by molar-refractivity contribution is 5.67. The summed E-state index contributed by atoms with van der Waals surface area (Å²) in [5.74, 6) is 0.526. The number of likely N-dealkylation sites (N-methyl/N-ethyl adjacent to an activating group) is 1. The zero-order valence-electron chi connectivity index (χ0n) is 13.7. The molecule has 1 fully saturated rings. The number of ether oxygens (including phenoxy) is 2. The summed E-state index contributed by atoms with van der Waals surface area (Å²) in [6.07, 6.45) is 0.0136. The summed E-state index contributed by atoms with van der Waals surface area (Å²) >= 11 is 0. The molecule has 5 heteroatoms. The quantitative estimate of drug-likeness (QED) is 0.810. The minimum Gasteiger partial charge on any atom is -0.445 e. The molecule has 1 aromatic carbocycles. The molecule has 122 valence electrons. The summed E-state index contributed by atoms with van der Waals surface area (Å²) < 4.78 is 11.0. The first-order valence-corrected chi connectivity index (χ1v) is 7.82. The van der Waals surface area contributed by atoms with Gasteiger partial charge in [-0.25, -0.2) is 4.79 Å². The number of hydrogen-bond donors (Lipinski definition) is 0. The largest absolute Gasteiger partial charge is 0.445 e. The lowest BCUT2D eigenvalue weighted by Gasteiger charge is -2.20. The fourth-order valence-corrected chi connectivity index (χ4v) is 2.33. The van der Waals surface area contributed by atoms with Gasteiger partial charge in [0, 0.05) is 26.7 Å². The number of carbonyl (C=O) groups excluding carboxylic acids is 1. The highest BCUT2D eigenvalue weighted by atomic mass is 16.6. The fourth-order valence-electron chi connectivity index (χ4n) is 2.33. The molecule has 1 aliphatic rings. The van der Waals surface area contributed by atoms with Crippen LogP contribution in [-0.4, -0.2) is 55.4 Å². The van der Waals surface area contributed by atoms with Crippen molar-refractivity contribution < 1.29 is 14.3 Å². The van der Waals surface area contributed by atoms with Crippen LogP contribution in [0.15, 0.2) is 30.3 Å². The summed E-state index contributed by atoms with van der Waals surface area (Å²) in [5.41, 5.74) is 0.997. The van der Waals surface area contributed by atoms with Crippen LogP contribution in [0.2, 0.25) is 0 Å². The van der Waals surface area contributed by atoms with E-state index in [0.717, 1.165) is 18.7 Å². The van der Waals surface area contributed by atoms with E-state index in [4.69, 9.17) is 9.47 Å². The minimum absolute atomic E-state index is 0.288. The van der Waals surface area contributed by atoms with E-state index in [9.17, 15) is 4.79 Å². The summed E-state index contributed by atoms with van der Waals surface area (Å²) in [6.45, 7) is 7.68. The minimum atomic E-state index is -0.288. The van der Waals surface area contributed by atoms with Crippen molar-refractivity contribution in [3.63, 3.8) is 0 Å². The molecule has 0 saturated carbocycles. The molecule has 0 aliphatic carbocycles. The monoisotopic (exact) mass is 306 g/mol. The van der Waals surface area contributed by atoms with Gasteiger partial charge in [0.05, 0.1) is 12.8 Å². The van der Waals surface area contributed by atoms with Crippen LogP contribution in [0.3, 0.4) is 0 Å². The smallest absolute Gasteiger partial charge is 0.409 e. The summed E-state index contributed by atoms with van der Waals surface area (Å²) in [6, 6.07) is 9.71. The van der Waals surface area contributed by atoms with Crippen molar-refractivity contribution >= 4 is 6.09 Å². The zero-order chi connectivity index (χ0) is 15.9. The van der Waals surface area contributed by atoms with E-state index in [1.54, 1.807) is 11.9 Å². The third-order valence-corrected chi connectivity index (χ3v) is 3.92. The maximum atomic E-state index is 11.9. The van der Waals surface area contributed by atoms with Gasteiger partial charge in [0.1, 0.15) is 6.61 Å². The molecule has 0 aromatic heterocycles. The second kappa shape index (κ2) is 8.15. The van der Waals surface area contributed by atoms with Crippen LogP contribution in [0.5, 0.6) is 0 Å². The second-order valence-corrected chi connectivity index (χ2v) is 6.12. The summed E-state index contributed by atoms with van der Waals surface area (Å²) in [5, 5.41) is 0. The number of benzene rings is 1. The van der Waals surface area contributed by atoms with Gasteiger partial charge in [0.2, 0.25) is 0 Å². The molecule has 1 heterocycles. The van der Waals surface area contributed by atoms with Crippen LogP contribution in [0.4, 0.5) is 4.79 Å². The first-order chi connectivity index (χ1) is 10.6. The number of nitrogens with zero attached hydrogens (tertiary/aromatic N) is 2. The fraction of sp³-hybridized carbons (Fsp3) is 0.588. The van der Waals surface area contributed by atoms with E-state index in [1.165, 1.54) is 0 Å². The van der Waals surface area contributed by atoms with Crippen molar-refractivity contribution in [1.82, 2.24) is 9.80 Å². The van der Waals surface area contributed by atoms with E-state index < -0.39 is 0 Å². The molecule has 0 spiro atoms. The second-order valence-electron chi connectivity index (χ2n) is 6.12. The van der Waals surface area contributed by atoms with E-state index in [-0.39, 0.29) is 6.09 Å². The van der Waals surface area contributed by atoms with Crippen LogP contribution in [-0.2, 0) is 16.1 Å². The average Bonchev–Trinajstić information content (AvgIpc) is 3.00. The zero-order valence-corrected chi connectivity index (χ0v) is 13.7. The van der Waals surface area contributed by atoms with Gasteiger partial charge in [-0.05, 0) is 11.5 Å². The lowest BCUT2D eigenvalue weighted by Crippen LogP contribution is -2.36. The Morgan fingerprint density at radius 3 is 2.77 bits per heavy atom. The van der Waals surface area contributed by atoms with E-state index in [1.807, 2.05) is 30.3 Å². The molecule has 0 N–H and O–H groups in total. The summed E-state index contributed by atoms with van der Waals surface area (Å²) in [4.78, 5) is 15.8. The van der Waals surface area contributed by atoms with Gasteiger partial charge in [-0.1, -0.05) is 44.2 Å². The molecule has 5 nitrogen and oxygen atoms in total. The number of amides is 1. The standard InChI is InChI=1S/C17H26N2O3/c1-14(2)16-11-19(13-22-16)10-9-18(3)17(20)21-12-15-7-5-4-6-8-15/h4-8,14,16H,9-13H2,1-3H3. The van der Waals surface area contributed by atoms with Gasteiger partial charge >= 0.3 is 6.09 Å². The van der Waals surface area contributed by atoms with Gasteiger partial charge in [0.25, 0.3) is 0 Å². The lowest BCUT2D eigenvalue weighted by molar-refractivity contribution is 0.0616.